The zero-order valence-corrected chi connectivity index (χ0v) is 13.3. The quantitative estimate of drug-likeness (QED) is 0.827. The largest absolute Gasteiger partial charge is 0.282 e. The van der Waals surface area contributed by atoms with Gasteiger partial charge in [-0.05, 0) is 24.1 Å². The number of sulfonamides is 2. The number of para-hydroxylation sites is 1. The average molecular weight is 340 g/mol. The SMILES string of the molecule is NS(=O)(=O)c1ccccc1NS(=O)(=O)CCc1ccccc1. The minimum Gasteiger partial charge on any atom is -0.282 e. The van der Waals surface area contributed by atoms with Gasteiger partial charge in [0.2, 0.25) is 20.0 Å². The maximum absolute atomic E-state index is 12.1. The summed E-state index contributed by atoms with van der Waals surface area (Å²) in [5, 5.41) is 5.08. The Morgan fingerprint density at radius 2 is 1.45 bits per heavy atom. The van der Waals surface area contributed by atoms with Gasteiger partial charge >= 0.3 is 0 Å². The van der Waals surface area contributed by atoms with Gasteiger partial charge in [0.15, 0.2) is 0 Å². The molecular weight excluding hydrogens is 324 g/mol. The van der Waals surface area contributed by atoms with Crippen LogP contribution in [0.5, 0.6) is 0 Å². The fraction of sp³-hybridized carbons (Fsp3) is 0.143. The van der Waals surface area contributed by atoms with Crippen molar-refractivity contribution in [1.82, 2.24) is 0 Å². The number of nitrogens with two attached hydrogens (primary N) is 1. The number of rotatable bonds is 6. The Morgan fingerprint density at radius 3 is 2.09 bits per heavy atom. The molecule has 118 valence electrons. The molecule has 0 saturated heterocycles. The van der Waals surface area contributed by atoms with Gasteiger partial charge in [0.25, 0.3) is 0 Å². The lowest BCUT2D eigenvalue weighted by atomic mass is 10.2. The smallest absolute Gasteiger partial charge is 0.240 e. The van der Waals surface area contributed by atoms with Crippen LogP contribution in [0.1, 0.15) is 5.56 Å². The van der Waals surface area contributed by atoms with Gasteiger partial charge in [-0.1, -0.05) is 42.5 Å². The molecular formula is C14H16N2O4S2. The van der Waals surface area contributed by atoms with Crippen LogP contribution in [0.2, 0.25) is 0 Å². The highest BCUT2D eigenvalue weighted by Gasteiger charge is 2.18. The van der Waals surface area contributed by atoms with E-state index in [0.717, 1.165) is 5.56 Å². The number of anilines is 1. The summed E-state index contributed by atoms with van der Waals surface area (Å²) in [6, 6.07) is 14.8. The molecule has 2 aromatic rings. The highest BCUT2D eigenvalue weighted by atomic mass is 32.2. The van der Waals surface area contributed by atoms with Gasteiger partial charge in [0, 0.05) is 0 Å². The van der Waals surface area contributed by atoms with E-state index >= 15 is 0 Å². The van der Waals surface area contributed by atoms with E-state index < -0.39 is 20.0 Å². The maximum atomic E-state index is 12.1. The third-order valence-corrected chi connectivity index (χ3v) is 5.20. The minimum absolute atomic E-state index is 0.0435. The van der Waals surface area contributed by atoms with E-state index in [9.17, 15) is 16.8 Å². The van der Waals surface area contributed by atoms with Gasteiger partial charge in [0.05, 0.1) is 11.4 Å². The summed E-state index contributed by atoms with van der Waals surface area (Å²) in [7, 11) is -7.69. The predicted octanol–water partition coefficient (Wildman–Crippen LogP) is 1.32. The number of primary sulfonamides is 1. The Labute approximate surface area is 130 Å². The summed E-state index contributed by atoms with van der Waals surface area (Å²) in [6.07, 6.45) is 0.327. The van der Waals surface area contributed by atoms with Crippen molar-refractivity contribution in [2.75, 3.05) is 10.5 Å². The molecule has 0 aromatic heterocycles. The highest BCUT2D eigenvalue weighted by Crippen LogP contribution is 2.20. The van der Waals surface area contributed by atoms with Gasteiger partial charge in [-0.2, -0.15) is 0 Å². The zero-order valence-electron chi connectivity index (χ0n) is 11.6. The molecule has 0 atom stereocenters. The summed E-state index contributed by atoms with van der Waals surface area (Å²) in [5.41, 5.74) is 0.839. The third kappa shape index (κ3) is 4.55. The van der Waals surface area contributed by atoms with Crippen molar-refractivity contribution in [3.63, 3.8) is 0 Å². The molecule has 0 radical (unpaired) electrons. The van der Waals surface area contributed by atoms with Crippen LogP contribution in [0.4, 0.5) is 5.69 Å². The first-order valence-corrected chi connectivity index (χ1v) is 9.64. The normalized spacial score (nSPS) is 12.0. The number of aryl methyl sites for hydroxylation is 1. The van der Waals surface area contributed by atoms with Gasteiger partial charge in [-0.15, -0.1) is 0 Å². The fourth-order valence-electron chi connectivity index (χ4n) is 1.91. The van der Waals surface area contributed by atoms with E-state index in [2.05, 4.69) is 4.72 Å². The summed E-state index contributed by atoms with van der Waals surface area (Å²) in [4.78, 5) is -0.252. The van der Waals surface area contributed by atoms with Gasteiger partial charge in [0.1, 0.15) is 4.90 Å². The zero-order chi connectivity index (χ0) is 16.2. The topological polar surface area (TPSA) is 106 Å². The van der Waals surface area contributed by atoms with Crippen LogP contribution in [0, 0.1) is 0 Å². The van der Waals surface area contributed by atoms with E-state index in [1.54, 1.807) is 0 Å². The molecule has 0 aliphatic rings. The van der Waals surface area contributed by atoms with Crippen molar-refractivity contribution < 1.29 is 16.8 Å². The van der Waals surface area contributed by atoms with Crippen LogP contribution in [0.3, 0.4) is 0 Å². The second kappa shape index (κ2) is 6.47. The summed E-state index contributed by atoms with van der Waals surface area (Å²) in [5.74, 6) is -0.157. The molecule has 0 heterocycles. The molecule has 0 unspecified atom stereocenters. The predicted molar refractivity (Wildman–Crippen MR) is 85.4 cm³/mol. The van der Waals surface area contributed by atoms with Gasteiger partial charge in [-0.3, -0.25) is 4.72 Å². The van der Waals surface area contributed by atoms with E-state index in [-0.39, 0.29) is 16.3 Å². The fourth-order valence-corrected chi connectivity index (χ4v) is 3.79. The first-order chi connectivity index (χ1) is 10.3. The highest BCUT2D eigenvalue weighted by molar-refractivity contribution is 7.93. The Bertz CT molecular complexity index is 847. The molecule has 3 N–H and O–H groups in total. The molecule has 2 rings (SSSR count). The molecule has 0 aliphatic heterocycles. The Kier molecular flexibility index (Phi) is 4.84. The Morgan fingerprint density at radius 1 is 0.864 bits per heavy atom. The lowest BCUT2D eigenvalue weighted by molar-refractivity contribution is 0.598. The maximum Gasteiger partial charge on any atom is 0.240 e. The second-order valence-corrected chi connectivity index (χ2v) is 8.07. The summed E-state index contributed by atoms with van der Waals surface area (Å²) < 4.78 is 49.4. The molecule has 0 saturated carbocycles. The molecule has 0 fully saturated rings. The monoisotopic (exact) mass is 340 g/mol. The van der Waals surface area contributed by atoms with E-state index in [0.29, 0.717) is 6.42 Å². The molecule has 8 heteroatoms. The van der Waals surface area contributed by atoms with Crippen LogP contribution in [0.15, 0.2) is 59.5 Å². The van der Waals surface area contributed by atoms with Crippen LogP contribution in [0.25, 0.3) is 0 Å². The summed E-state index contributed by atoms with van der Waals surface area (Å²) >= 11 is 0. The lowest BCUT2D eigenvalue weighted by Crippen LogP contribution is -2.21. The number of hydrogen-bond donors (Lipinski definition) is 2. The molecule has 0 bridgehead atoms. The molecule has 0 spiro atoms. The second-order valence-electron chi connectivity index (χ2n) is 4.70. The van der Waals surface area contributed by atoms with Crippen molar-refractivity contribution in [1.29, 1.82) is 0 Å². The molecule has 6 nitrogen and oxygen atoms in total. The average Bonchev–Trinajstić information content (AvgIpc) is 2.45. The van der Waals surface area contributed by atoms with Crippen molar-refractivity contribution in [3.8, 4) is 0 Å². The van der Waals surface area contributed by atoms with Crippen molar-refractivity contribution in [2.24, 2.45) is 5.14 Å². The molecule has 22 heavy (non-hydrogen) atoms. The molecule has 0 amide bonds. The third-order valence-electron chi connectivity index (χ3n) is 2.96. The van der Waals surface area contributed by atoms with Crippen molar-refractivity contribution in [3.05, 3.63) is 60.2 Å². The standard InChI is InChI=1S/C14H16N2O4S2/c15-22(19,20)14-9-5-4-8-13(14)16-21(17,18)11-10-12-6-2-1-3-7-12/h1-9,16H,10-11H2,(H2,15,19,20). The molecule has 2 aromatic carbocycles. The van der Waals surface area contributed by atoms with Crippen LogP contribution in [-0.2, 0) is 26.5 Å². The Balaban J connectivity index is 2.16. The number of nitrogens with one attached hydrogen (secondary N) is 1. The van der Waals surface area contributed by atoms with Gasteiger partial charge in [-0.25, -0.2) is 22.0 Å². The first-order valence-electron chi connectivity index (χ1n) is 6.44. The van der Waals surface area contributed by atoms with Crippen LogP contribution < -0.4 is 9.86 Å². The minimum atomic E-state index is -4.00. The Hall–Kier alpha value is -1.90. The van der Waals surface area contributed by atoms with Crippen molar-refractivity contribution >= 4 is 25.7 Å². The van der Waals surface area contributed by atoms with Crippen LogP contribution >= 0.6 is 0 Å². The lowest BCUT2D eigenvalue weighted by Gasteiger charge is -2.11. The number of benzene rings is 2. The number of hydrogen-bond acceptors (Lipinski definition) is 4. The van der Waals surface area contributed by atoms with Crippen LogP contribution in [-0.4, -0.2) is 22.6 Å². The van der Waals surface area contributed by atoms with Gasteiger partial charge < -0.3 is 0 Å². The first kappa shape index (κ1) is 16.5. The van der Waals surface area contributed by atoms with E-state index in [1.165, 1.54) is 24.3 Å². The summed E-state index contributed by atoms with van der Waals surface area (Å²) in [6.45, 7) is 0. The molecule has 0 aliphatic carbocycles. The van der Waals surface area contributed by atoms with E-state index in [4.69, 9.17) is 5.14 Å². The van der Waals surface area contributed by atoms with Crippen molar-refractivity contribution in [2.45, 2.75) is 11.3 Å². The van der Waals surface area contributed by atoms with E-state index in [1.807, 2.05) is 30.3 Å².